The second-order valence-electron chi connectivity index (χ2n) is 7.46. The molecule has 3 rings (SSSR count). The Morgan fingerprint density at radius 3 is 0.967 bits per heavy atom. The molecule has 0 aliphatic carbocycles. The third kappa shape index (κ3) is 7.03. The zero-order valence-electron chi connectivity index (χ0n) is 18.0. The van der Waals surface area contributed by atoms with E-state index < -0.39 is 0 Å². The summed E-state index contributed by atoms with van der Waals surface area (Å²) in [5.74, 6) is 0. The molecule has 0 amide bonds. The minimum atomic E-state index is 0.796. The van der Waals surface area contributed by atoms with Crippen LogP contribution in [0.5, 0.6) is 0 Å². The number of rotatable bonds is 10. The van der Waals surface area contributed by atoms with Crippen molar-refractivity contribution in [1.82, 2.24) is 0 Å². The molecule has 3 aromatic carbocycles. The van der Waals surface area contributed by atoms with Gasteiger partial charge in [0, 0.05) is 0 Å². The van der Waals surface area contributed by atoms with Gasteiger partial charge in [-0.25, -0.2) is 0 Å². The molecule has 30 heavy (non-hydrogen) atoms. The maximum atomic E-state index is 4.32. The summed E-state index contributed by atoms with van der Waals surface area (Å²) in [5, 5.41) is 17.3. The molecule has 4 heteroatoms. The Hall–Kier alpha value is -3.14. The Balaban J connectivity index is 1.55. The summed E-state index contributed by atoms with van der Waals surface area (Å²) in [6.07, 6.45) is 7.09. The fourth-order valence-corrected chi connectivity index (χ4v) is 3.04. The highest BCUT2D eigenvalue weighted by Crippen LogP contribution is 2.24. The van der Waals surface area contributed by atoms with Gasteiger partial charge in [-0.15, -0.1) is 0 Å². The van der Waals surface area contributed by atoms with Crippen LogP contribution in [0.4, 0.5) is 22.7 Å². The van der Waals surface area contributed by atoms with Gasteiger partial charge in [-0.3, -0.25) is 0 Å². The van der Waals surface area contributed by atoms with Crippen LogP contribution in [0.15, 0.2) is 93.3 Å². The summed E-state index contributed by atoms with van der Waals surface area (Å²) in [6.45, 7) is 4.42. The lowest BCUT2D eigenvalue weighted by molar-refractivity contribution is 0.795. The fraction of sp³-hybridized carbons (Fsp3) is 0.308. The lowest BCUT2D eigenvalue weighted by atomic mass is 10.1. The van der Waals surface area contributed by atoms with Crippen molar-refractivity contribution in [3.05, 3.63) is 83.9 Å². The molecule has 0 saturated carbocycles. The van der Waals surface area contributed by atoms with Crippen molar-refractivity contribution < 1.29 is 0 Å². The molecule has 0 fully saturated rings. The van der Waals surface area contributed by atoms with Crippen LogP contribution in [0.1, 0.15) is 50.7 Å². The minimum Gasteiger partial charge on any atom is -0.151 e. The number of unbranched alkanes of at least 4 members (excludes halogenated alkanes) is 2. The molecule has 0 spiro atoms. The van der Waals surface area contributed by atoms with Crippen LogP contribution in [0.2, 0.25) is 0 Å². The molecule has 3 aromatic rings. The van der Waals surface area contributed by atoms with E-state index in [4.69, 9.17) is 0 Å². The molecule has 0 radical (unpaired) electrons. The first-order chi connectivity index (χ1) is 14.8. The Bertz CT molecular complexity index is 859. The first-order valence-corrected chi connectivity index (χ1v) is 10.9. The molecule has 0 aliphatic heterocycles. The lowest BCUT2D eigenvalue weighted by Gasteiger charge is -2.00. The van der Waals surface area contributed by atoms with Gasteiger partial charge in [-0.05, 0) is 85.3 Å². The Morgan fingerprint density at radius 1 is 0.433 bits per heavy atom. The standard InChI is InChI=1S/C26H30N4/c1-3-5-7-21-9-13-23(14-10-21)27-29-25-17-19-26(20-18-25)30-28-24-15-11-22(12-16-24)8-6-4-2/h9-20H,3-8H2,1-2H3. The van der Waals surface area contributed by atoms with Gasteiger partial charge in [0.2, 0.25) is 0 Å². The second kappa shape index (κ2) is 11.8. The van der Waals surface area contributed by atoms with Crippen molar-refractivity contribution in [3.63, 3.8) is 0 Å². The molecule has 0 atom stereocenters. The van der Waals surface area contributed by atoms with Gasteiger partial charge >= 0.3 is 0 Å². The fourth-order valence-electron chi connectivity index (χ4n) is 3.04. The van der Waals surface area contributed by atoms with Crippen LogP contribution < -0.4 is 0 Å². The van der Waals surface area contributed by atoms with E-state index in [9.17, 15) is 0 Å². The second-order valence-corrected chi connectivity index (χ2v) is 7.46. The lowest BCUT2D eigenvalue weighted by Crippen LogP contribution is -1.82. The van der Waals surface area contributed by atoms with E-state index in [-0.39, 0.29) is 0 Å². The van der Waals surface area contributed by atoms with Gasteiger partial charge in [0.25, 0.3) is 0 Å². The average Bonchev–Trinajstić information content (AvgIpc) is 2.80. The Morgan fingerprint density at radius 2 is 0.700 bits per heavy atom. The monoisotopic (exact) mass is 398 g/mol. The highest BCUT2D eigenvalue weighted by atomic mass is 15.1. The smallest absolute Gasteiger partial charge is 0.0858 e. The van der Waals surface area contributed by atoms with E-state index in [0.29, 0.717) is 0 Å². The third-order valence-corrected chi connectivity index (χ3v) is 4.92. The summed E-state index contributed by atoms with van der Waals surface area (Å²) in [7, 11) is 0. The van der Waals surface area contributed by atoms with Gasteiger partial charge in [0.1, 0.15) is 0 Å². The van der Waals surface area contributed by atoms with E-state index in [2.05, 4.69) is 58.6 Å². The van der Waals surface area contributed by atoms with Crippen LogP contribution in [0.3, 0.4) is 0 Å². The van der Waals surface area contributed by atoms with Gasteiger partial charge < -0.3 is 0 Å². The molecule has 4 nitrogen and oxygen atoms in total. The third-order valence-electron chi connectivity index (χ3n) is 4.92. The van der Waals surface area contributed by atoms with Gasteiger partial charge in [-0.1, -0.05) is 51.0 Å². The summed E-state index contributed by atoms with van der Waals surface area (Å²) in [5.41, 5.74) is 6.01. The topological polar surface area (TPSA) is 49.4 Å². The van der Waals surface area contributed by atoms with Crippen LogP contribution in [-0.2, 0) is 12.8 Å². The minimum absolute atomic E-state index is 0.796. The zero-order valence-corrected chi connectivity index (χ0v) is 18.0. The largest absolute Gasteiger partial charge is 0.151 e. The molecule has 0 aliphatic rings. The molecule has 0 bridgehead atoms. The van der Waals surface area contributed by atoms with Crippen molar-refractivity contribution in [1.29, 1.82) is 0 Å². The first-order valence-electron chi connectivity index (χ1n) is 10.9. The molecule has 0 unspecified atom stereocenters. The van der Waals surface area contributed by atoms with E-state index >= 15 is 0 Å². The van der Waals surface area contributed by atoms with Gasteiger partial charge in [0.05, 0.1) is 22.7 Å². The van der Waals surface area contributed by atoms with Gasteiger partial charge in [-0.2, -0.15) is 20.5 Å². The number of nitrogens with zero attached hydrogens (tertiary/aromatic N) is 4. The SMILES string of the molecule is CCCCc1ccc(N=Nc2ccc(N=Nc3ccc(CCCC)cc3)cc2)cc1. The summed E-state index contributed by atoms with van der Waals surface area (Å²) >= 11 is 0. The number of azo groups is 2. The van der Waals surface area contributed by atoms with Crippen LogP contribution in [0, 0.1) is 0 Å². The summed E-state index contributed by atoms with van der Waals surface area (Å²) in [4.78, 5) is 0. The van der Waals surface area contributed by atoms with Crippen LogP contribution >= 0.6 is 0 Å². The highest BCUT2D eigenvalue weighted by Gasteiger charge is 1.97. The average molecular weight is 399 g/mol. The number of hydrogen-bond acceptors (Lipinski definition) is 4. The zero-order chi connectivity index (χ0) is 21.0. The highest BCUT2D eigenvalue weighted by molar-refractivity contribution is 5.48. The van der Waals surface area contributed by atoms with E-state index in [1.165, 1.54) is 36.8 Å². The quantitative estimate of drug-likeness (QED) is 0.306. The summed E-state index contributed by atoms with van der Waals surface area (Å²) in [6, 6.07) is 24.2. The predicted octanol–water partition coefficient (Wildman–Crippen LogP) is 9.20. The van der Waals surface area contributed by atoms with Gasteiger partial charge in [0.15, 0.2) is 0 Å². The van der Waals surface area contributed by atoms with Crippen LogP contribution in [-0.4, -0.2) is 0 Å². The molecular weight excluding hydrogens is 368 g/mol. The van der Waals surface area contributed by atoms with E-state index in [1.54, 1.807) is 0 Å². The maximum absolute atomic E-state index is 4.32. The van der Waals surface area contributed by atoms with Crippen molar-refractivity contribution in [2.24, 2.45) is 20.5 Å². The van der Waals surface area contributed by atoms with Crippen LogP contribution in [0.25, 0.3) is 0 Å². The van der Waals surface area contributed by atoms with E-state index in [1.807, 2.05) is 48.5 Å². The normalized spacial score (nSPS) is 11.5. The predicted molar refractivity (Wildman–Crippen MR) is 125 cm³/mol. The number of benzene rings is 3. The van der Waals surface area contributed by atoms with Crippen molar-refractivity contribution in [2.45, 2.75) is 52.4 Å². The maximum Gasteiger partial charge on any atom is 0.0858 e. The molecule has 0 heterocycles. The van der Waals surface area contributed by atoms with Crippen molar-refractivity contribution >= 4 is 22.7 Å². The Labute approximate surface area is 179 Å². The number of hydrogen-bond donors (Lipinski definition) is 0. The number of aryl methyl sites for hydroxylation is 2. The Kier molecular flexibility index (Phi) is 8.46. The molecule has 0 aromatic heterocycles. The molecular formula is C26H30N4. The van der Waals surface area contributed by atoms with Crippen molar-refractivity contribution in [3.8, 4) is 0 Å². The first kappa shape index (κ1) is 21.6. The molecule has 0 N–H and O–H groups in total. The molecule has 0 saturated heterocycles. The summed E-state index contributed by atoms with van der Waals surface area (Å²) < 4.78 is 0. The van der Waals surface area contributed by atoms with E-state index in [0.717, 1.165) is 35.6 Å². The molecule has 154 valence electrons. The van der Waals surface area contributed by atoms with Crippen molar-refractivity contribution in [2.75, 3.05) is 0 Å².